The molecule has 0 spiro atoms. The highest BCUT2D eigenvalue weighted by molar-refractivity contribution is 5.80. The Labute approximate surface area is 89.9 Å². The first-order valence-corrected chi connectivity index (χ1v) is 5.03. The van der Waals surface area contributed by atoms with Gasteiger partial charge in [-0.3, -0.25) is 9.78 Å². The molecule has 1 rings (SSSR count). The predicted octanol–water partition coefficient (Wildman–Crippen LogP) is 0.681. The first-order valence-electron chi connectivity index (χ1n) is 5.03. The van der Waals surface area contributed by atoms with E-state index in [1.54, 1.807) is 12.4 Å². The zero-order valence-corrected chi connectivity index (χ0v) is 9.10. The van der Waals surface area contributed by atoms with Crippen LogP contribution in [0.25, 0.3) is 0 Å². The molecule has 1 atom stereocenters. The third-order valence-corrected chi connectivity index (χ3v) is 2.25. The molecule has 0 radical (unpaired) electrons. The summed E-state index contributed by atoms with van der Waals surface area (Å²) in [5.41, 5.74) is 6.38. The van der Waals surface area contributed by atoms with E-state index < -0.39 is 0 Å². The number of amides is 1. The number of carbonyl (C=O) groups is 1. The van der Waals surface area contributed by atoms with Gasteiger partial charge < -0.3 is 11.1 Å². The number of primary amides is 1. The monoisotopic (exact) mass is 207 g/mol. The molecular formula is C11H17N3O. The van der Waals surface area contributed by atoms with Gasteiger partial charge in [0.2, 0.25) is 5.91 Å². The van der Waals surface area contributed by atoms with E-state index in [0.717, 1.165) is 5.56 Å². The van der Waals surface area contributed by atoms with Gasteiger partial charge in [0.25, 0.3) is 0 Å². The first-order chi connectivity index (χ1) is 7.11. The van der Waals surface area contributed by atoms with Crippen LogP contribution in [0.15, 0.2) is 24.5 Å². The molecule has 3 N–H and O–H groups in total. The van der Waals surface area contributed by atoms with Crippen molar-refractivity contribution in [1.29, 1.82) is 0 Å². The van der Waals surface area contributed by atoms with Gasteiger partial charge in [-0.1, -0.05) is 13.8 Å². The van der Waals surface area contributed by atoms with Crippen molar-refractivity contribution in [2.45, 2.75) is 26.4 Å². The van der Waals surface area contributed by atoms with E-state index >= 15 is 0 Å². The molecule has 0 saturated carbocycles. The van der Waals surface area contributed by atoms with Crippen LogP contribution < -0.4 is 11.1 Å². The maximum absolute atomic E-state index is 11.1. The SMILES string of the molecule is CC(C)[C@H](NCc1ccncc1)C(N)=O. The van der Waals surface area contributed by atoms with Crippen LogP contribution in [0.5, 0.6) is 0 Å². The summed E-state index contributed by atoms with van der Waals surface area (Å²) in [6.45, 7) is 4.57. The van der Waals surface area contributed by atoms with Gasteiger partial charge in [-0.25, -0.2) is 0 Å². The minimum absolute atomic E-state index is 0.198. The van der Waals surface area contributed by atoms with Gasteiger partial charge in [-0.2, -0.15) is 0 Å². The molecule has 0 fully saturated rings. The summed E-state index contributed by atoms with van der Waals surface area (Å²) in [7, 11) is 0. The van der Waals surface area contributed by atoms with Crippen LogP contribution in [0.1, 0.15) is 19.4 Å². The summed E-state index contributed by atoms with van der Waals surface area (Å²) in [6, 6.07) is 3.54. The second-order valence-corrected chi connectivity index (χ2v) is 3.86. The highest BCUT2D eigenvalue weighted by Gasteiger charge is 2.18. The van der Waals surface area contributed by atoms with Crippen LogP contribution in [-0.4, -0.2) is 16.9 Å². The van der Waals surface area contributed by atoms with Crippen molar-refractivity contribution in [3.8, 4) is 0 Å². The Hall–Kier alpha value is -1.42. The third-order valence-electron chi connectivity index (χ3n) is 2.25. The molecule has 0 saturated heterocycles. The fourth-order valence-electron chi connectivity index (χ4n) is 1.39. The van der Waals surface area contributed by atoms with Gasteiger partial charge in [-0.15, -0.1) is 0 Å². The fraction of sp³-hybridized carbons (Fsp3) is 0.455. The summed E-state index contributed by atoms with van der Waals surface area (Å²) in [5, 5.41) is 3.13. The van der Waals surface area contributed by atoms with Gasteiger partial charge >= 0.3 is 0 Å². The number of hydrogen-bond donors (Lipinski definition) is 2. The largest absolute Gasteiger partial charge is 0.368 e. The zero-order valence-electron chi connectivity index (χ0n) is 9.10. The molecule has 1 aromatic heterocycles. The minimum atomic E-state index is -0.306. The van der Waals surface area contributed by atoms with Gasteiger partial charge in [-0.05, 0) is 23.6 Å². The summed E-state index contributed by atoms with van der Waals surface area (Å²) in [5.74, 6) is -0.108. The highest BCUT2D eigenvalue weighted by Crippen LogP contribution is 2.03. The Morgan fingerprint density at radius 2 is 2.07 bits per heavy atom. The van der Waals surface area contributed by atoms with Crippen molar-refractivity contribution in [3.05, 3.63) is 30.1 Å². The predicted molar refractivity (Wildman–Crippen MR) is 58.9 cm³/mol. The van der Waals surface area contributed by atoms with E-state index in [0.29, 0.717) is 6.54 Å². The van der Waals surface area contributed by atoms with E-state index in [4.69, 9.17) is 5.73 Å². The van der Waals surface area contributed by atoms with Gasteiger partial charge in [0.15, 0.2) is 0 Å². The third kappa shape index (κ3) is 3.67. The summed E-state index contributed by atoms with van der Waals surface area (Å²) < 4.78 is 0. The quantitative estimate of drug-likeness (QED) is 0.746. The van der Waals surface area contributed by atoms with E-state index in [2.05, 4.69) is 10.3 Å². The molecule has 1 amide bonds. The number of nitrogens with zero attached hydrogens (tertiary/aromatic N) is 1. The van der Waals surface area contributed by atoms with Crippen LogP contribution in [0.2, 0.25) is 0 Å². The molecule has 1 aromatic rings. The van der Waals surface area contributed by atoms with E-state index in [-0.39, 0.29) is 17.9 Å². The van der Waals surface area contributed by atoms with Crippen molar-refractivity contribution >= 4 is 5.91 Å². The Kier molecular flexibility index (Phi) is 4.24. The number of hydrogen-bond acceptors (Lipinski definition) is 3. The molecule has 0 aliphatic rings. The van der Waals surface area contributed by atoms with E-state index in [9.17, 15) is 4.79 Å². The van der Waals surface area contributed by atoms with Crippen molar-refractivity contribution in [2.75, 3.05) is 0 Å². The second kappa shape index (κ2) is 5.46. The summed E-state index contributed by atoms with van der Waals surface area (Å²) in [4.78, 5) is 15.0. The molecule has 0 aliphatic heterocycles. The number of aromatic nitrogens is 1. The Morgan fingerprint density at radius 1 is 1.47 bits per heavy atom. The van der Waals surface area contributed by atoms with Crippen LogP contribution in [0.4, 0.5) is 0 Å². The lowest BCUT2D eigenvalue weighted by atomic mass is 10.0. The first kappa shape index (κ1) is 11.7. The molecule has 4 nitrogen and oxygen atoms in total. The maximum atomic E-state index is 11.1. The highest BCUT2D eigenvalue weighted by atomic mass is 16.1. The Balaban J connectivity index is 2.51. The molecule has 4 heteroatoms. The van der Waals surface area contributed by atoms with E-state index in [1.165, 1.54) is 0 Å². The van der Waals surface area contributed by atoms with Crippen LogP contribution in [-0.2, 0) is 11.3 Å². The number of nitrogens with two attached hydrogens (primary N) is 1. The van der Waals surface area contributed by atoms with Crippen molar-refractivity contribution in [3.63, 3.8) is 0 Å². The average molecular weight is 207 g/mol. The van der Waals surface area contributed by atoms with Gasteiger partial charge in [0, 0.05) is 18.9 Å². The lowest BCUT2D eigenvalue weighted by Crippen LogP contribution is -2.44. The number of carbonyl (C=O) groups excluding carboxylic acids is 1. The second-order valence-electron chi connectivity index (χ2n) is 3.86. The molecule has 15 heavy (non-hydrogen) atoms. The Morgan fingerprint density at radius 3 is 2.53 bits per heavy atom. The van der Waals surface area contributed by atoms with Crippen LogP contribution in [0.3, 0.4) is 0 Å². The number of rotatable bonds is 5. The van der Waals surface area contributed by atoms with Crippen molar-refractivity contribution in [2.24, 2.45) is 11.7 Å². The lowest BCUT2D eigenvalue weighted by Gasteiger charge is -2.18. The normalized spacial score (nSPS) is 12.7. The molecule has 0 bridgehead atoms. The van der Waals surface area contributed by atoms with E-state index in [1.807, 2.05) is 26.0 Å². The molecule has 1 heterocycles. The molecule has 0 aliphatic carbocycles. The van der Waals surface area contributed by atoms with Crippen molar-refractivity contribution < 1.29 is 4.79 Å². The maximum Gasteiger partial charge on any atom is 0.234 e. The molecular weight excluding hydrogens is 190 g/mol. The topological polar surface area (TPSA) is 68.0 Å². The van der Waals surface area contributed by atoms with Crippen LogP contribution >= 0.6 is 0 Å². The molecule has 0 aromatic carbocycles. The standard InChI is InChI=1S/C11H17N3O/c1-8(2)10(11(12)15)14-7-9-3-5-13-6-4-9/h3-6,8,10,14H,7H2,1-2H3,(H2,12,15)/t10-/m0/s1. The summed E-state index contributed by atoms with van der Waals surface area (Å²) in [6.07, 6.45) is 3.46. The molecule has 82 valence electrons. The van der Waals surface area contributed by atoms with Gasteiger partial charge in [0.05, 0.1) is 6.04 Å². The lowest BCUT2D eigenvalue weighted by molar-refractivity contribution is -0.121. The number of pyridine rings is 1. The summed E-state index contributed by atoms with van der Waals surface area (Å²) >= 11 is 0. The number of nitrogens with one attached hydrogen (secondary N) is 1. The smallest absolute Gasteiger partial charge is 0.234 e. The Bertz CT molecular complexity index is 311. The zero-order chi connectivity index (χ0) is 11.3. The van der Waals surface area contributed by atoms with Gasteiger partial charge in [0.1, 0.15) is 0 Å². The average Bonchev–Trinajstić information content (AvgIpc) is 2.18. The fourth-order valence-corrected chi connectivity index (χ4v) is 1.39. The van der Waals surface area contributed by atoms with Crippen LogP contribution in [0, 0.1) is 5.92 Å². The van der Waals surface area contributed by atoms with Crippen molar-refractivity contribution in [1.82, 2.24) is 10.3 Å². The molecule has 0 unspecified atom stereocenters. The minimum Gasteiger partial charge on any atom is -0.368 e.